The standard InChI is InChI=1S/C14H18FNO/c1-11-8-14(15)3-2-13(11)9-16-6-4-12(10-17)5-7-16/h2-3,8,10,12H,4-7,9H2,1H3. The van der Waals surface area contributed by atoms with Gasteiger partial charge in [-0.25, -0.2) is 4.39 Å². The van der Waals surface area contributed by atoms with E-state index in [-0.39, 0.29) is 11.7 Å². The van der Waals surface area contributed by atoms with Crippen molar-refractivity contribution < 1.29 is 9.18 Å². The minimum atomic E-state index is -0.175. The van der Waals surface area contributed by atoms with Crippen molar-refractivity contribution in [3.8, 4) is 0 Å². The van der Waals surface area contributed by atoms with Crippen molar-refractivity contribution in [2.75, 3.05) is 13.1 Å². The smallest absolute Gasteiger partial charge is 0.123 e. The lowest BCUT2D eigenvalue weighted by molar-refractivity contribution is -0.112. The van der Waals surface area contributed by atoms with Gasteiger partial charge in [-0.15, -0.1) is 0 Å². The number of aryl methyl sites for hydroxylation is 1. The maximum absolute atomic E-state index is 13.0. The Hall–Kier alpha value is -1.22. The number of carbonyl (C=O) groups is 1. The zero-order valence-electron chi connectivity index (χ0n) is 10.2. The molecule has 0 unspecified atom stereocenters. The Kier molecular flexibility index (Phi) is 3.89. The summed E-state index contributed by atoms with van der Waals surface area (Å²) < 4.78 is 13.0. The highest BCUT2D eigenvalue weighted by atomic mass is 19.1. The summed E-state index contributed by atoms with van der Waals surface area (Å²) in [6.45, 7) is 4.72. The average Bonchev–Trinajstić information content (AvgIpc) is 2.34. The number of carbonyl (C=O) groups excluding carboxylic acids is 1. The quantitative estimate of drug-likeness (QED) is 0.750. The van der Waals surface area contributed by atoms with Crippen LogP contribution in [0.4, 0.5) is 4.39 Å². The summed E-state index contributed by atoms with van der Waals surface area (Å²) in [5.74, 6) is 0.0616. The molecule has 92 valence electrons. The molecule has 0 aromatic heterocycles. The van der Waals surface area contributed by atoms with Crippen LogP contribution in [0, 0.1) is 18.7 Å². The first-order valence-electron chi connectivity index (χ1n) is 6.11. The molecule has 0 spiro atoms. The van der Waals surface area contributed by atoms with Gasteiger partial charge in [-0.1, -0.05) is 6.07 Å². The van der Waals surface area contributed by atoms with Crippen molar-refractivity contribution in [3.05, 3.63) is 35.1 Å². The van der Waals surface area contributed by atoms with Crippen LogP contribution in [0.15, 0.2) is 18.2 Å². The van der Waals surface area contributed by atoms with Gasteiger partial charge in [-0.05, 0) is 56.1 Å². The highest BCUT2D eigenvalue weighted by Crippen LogP contribution is 2.19. The minimum absolute atomic E-state index is 0.175. The average molecular weight is 235 g/mol. The molecule has 2 rings (SSSR count). The summed E-state index contributed by atoms with van der Waals surface area (Å²) >= 11 is 0. The lowest BCUT2D eigenvalue weighted by Gasteiger charge is -2.29. The maximum Gasteiger partial charge on any atom is 0.123 e. The van der Waals surface area contributed by atoms with Gasteiger partial charge in [0.2, 0.25) is 0 Å². The van der Waals surface area contributed by atoms with Crippen molar-refractivity contribution >= 4 is 6.29 Å². The molecule has 1 aliphatic rings. The fraction of sp³-hybridized carbons (Fsp3) is 0.500. The summed E-state index contributed by atoms with van der Waals surface area (Å²) in [6.07, 6.45) is 2.97. The molecular weight excluding hydrogens is 217 g/mol. The molecule has 0 saturated carbocycles. The molecule has 1 saturated heterocycles. The monoisotopic (exact) mass is 235 g/mol. The molecule has 1 heterocycles. The fourth-order valence-corrected chi connectivity index (χ4v) is 2.32. The molecule has 1 aliphatic heterocycles. The van der Waals surface area contributed by atoms with Crippen molar-refractivity contribution in [1.82, 2.24) is 4.90 Å². The molecule has 0 aliphatic carbocycles. The Labute approximate surface area is 101 Å². The molecule has 2 nitrogen and oxygen atoms in total. The molecule has 0 amide bonds. The number of benzene rings is 1. The normalized spacial score (nSPS) is 18.2. The van der Waals surface area contributed by atoms with Crippen LogP contribution in [0.3, 0.4) is 0 Å². The number of halogens is 1. The van der Waals surface area contributed by atoms with E-state index in [1.165, 1.54) is 11.6 Å². The van der Waals surface area contributed by atoms with Gasteiger partial charge in [0.15, 0.2) is 0 Å². The summed E-state index contributed by atoms with van der Waals surface area (Å²) in [4.78, 5) is 13.0. The third-order valence-corrected chi connectivity index (χ3v) is 3.52. The van der Waals surface area contributed by atoms with Gasteiger partial charge in [0.25, 0.3) is 0 Å². The van der Waals surface area contributed by atoms with E-state index in [0.717, 1.165) is 44.3 Å². The van der Waals surface area contributed by atoms with Crippen molar-refractivity contribution in [3.63, 3.8) is 0 Å². The summed E-state index contributed by atoms with van der Waals surface area (Å²) in [6, 6.07) is 4.95. The number of piperidine rings is 1. The molecule has 0 radical (unpaired) electrons. The molecule has 17 heavy (non-hydrogen) atoms. The predicted molar refractivity (Wildman–Crippen MR) is 65.2 cm³/mol. The molecule has 0 bridgehead atoms. The van der Waals surface area contributed by atoms with Crippen molar-refractivity contribution in [1.29, 1.82) is 0 Å². The topological polar surface area (TPSA) is 20.3 Å². The van der Waals surface area contributed by atoms with Gasteiger partial charge in [0.05, 0.1) is 0 Å². The third kappa shape index (κ3) is 3.13. The largest absolute Gasteiger partial charge is 0.303 e. The van der Waals surface area contributed by atoms with Gasteiger partial charge in [0.1, 0.15) is 12.1 Å². The highest BCUT2D eigenvalue weighted by molar-refractivity contribution is 5.53. The van der Waals surface area contributed by atoms with Crippen LogP contribution in [0.5, 0.6) is 0 Å². The SMILES string of the molecule is Cc1cc(F)ccc1CN1CCC(C=O)CC1. The fourth-order valence-electron chi connectivity index (χ4n) is 2.32. The van der Waals surface area contributed by atoms with E-state index in [4.69, 9.17) is 0 Å². The van der Waals surface area contributed by atoms with Gasteiger partial charge < -0.3 is 4.79 Å². The van der Waals surface area contributed by atoms with Crippen molar-refractivity contribution in [2.45, 2.75) is 26.3 Å². The van der Waals surface area contributed by atoms with E-state index in [9.17, 15) is 9.18 Å². The number of nitrogens with zero attached hydrogens (tertiary/aromatic N) is 1. The zero-order valence-corrected chi connectivity index (χ0v) is 10.2. The first-order chi connectivity index (χ1) is 8.19. The van der Waals surface area contributed by atoms with E-state index >= 15 is 0 Å². The summed E-state index contributed by atoms with van der Waals surface area (Å²) in [5.41, 5.74) is 2.18. The zero-order chi connectivity index (χ0) is 12.3. The Morgan fingerprint density at radius 1 is 1.41 bits per heavy atom. The van der Waals surface area contributed by atoms with Gasteiger partial charge in [-0.2, -0.15) is 0 Å². The van der Waals surface area contributed by atoms with Crippen LogP contribution in [0.1, 0.15) is 24.0 Å². The number of hydrogen-bond donors (Lipinski definition) is 0. The van der Waals surface area contributed by atoms with Crippen LogP contribution in [0.2, 0.25) is 0 Å². The molecule has 0 N–H and O–H groups in total. The Balaban J connectivity index is 1.95. The Morgan fingerprint density at radius 3 is 2.71 bits per heavy atom. The maximum atomic E-state index is 13.0. The van der Waals surface area contributed by atoms with Crippen molar-refractivity contribution in [2.24, 2.45) is 5.92 Å². The second kappa shape index (κ2) is 5.41. The highest BCUT2D eigenvalue weighted by Gasteiger charge is 2.18. The van der Waals surface area contributed by atoms with Crippen LogP contribution in [-0.2, 0) is 11.3 Å². The number of rotatable bonds is 3. The summed E-state index contributed by atoms with van der Waals surface area (Å²) in [5, 5.41) is 0. The first-order valence-corrected chi connectivity index (χ1v) is 6.11. The lowest BCUT2D eigenvalue weighted by atomic mass is 9.98. The van der Waals surface area contributed by atoms with E-state index in [1.807, 2.05) is 13.0 Å². The van der Waals surface area contributed by atoms with Crippen LogP contribution in [-0.4, -0.2) is 24.3 Å². The summed E-state index contributed by atoms with van der Waals surface area (Å²) in [7, 11) is 0. The molecule has 1 fully saturated rings. The van der Waals surface area contributed by atoms with Gasteiger partial charge >= 0.3 is 0 Å². The van der Waals surface area contributed by atoms with E-state index in [2.05, 4.69) is 4.90 Å². The third-order valence-electron chi connectivity index (χ3n) is 3.52. The van der Waals surface area contributed by atoms with E-state index in [0.29, 0.717) is 0 Å². The number of aldehydes is 1. The van der Waals surface area contributed by atoms with Crippen LogP contribution in [0.25, 0.3) is 0 Å². The molecule has 1 aromatic rings. The number of likely N-dealkylation sites (tertiary alicyclic amines) is 1. The Morgan fingerprint density at radius 2 is 2.12 bits per heavy atom. The molecule has 3 heteroatoms. The van der Waals surface area contributed by atoms with Gasteiger partial charge in [0, 0.05) is 12.5 Å². The molecular formula is C14H18FNO. The molecule has 0 atom stereocenters. The lowest BCUT2D eigenvalue weighted by Crippen LogP contribution is -2.33. The minimum Gasteiger partial charge on any atom is -0.303 e. The molecule has 1 aromatic carbocycles. The first kappa shape index (κ1) is 12.2. The van der Waals surface area contributed by atoms with Crippen LogP contribution >= 0.6 is 0 Å². The van der Waals surface area contributed by atoms with Gasteiger partial charge in [-0.3, -0.25) is 4.90 Å². The second-order valence-electron chi connectivity index (χ2n) is 4.82. The van der Waals surface area contributed by atoms with E-state index < -0.39 is 0 Å². The van der Waals surface area contributed by atoms with Crippen LogP contribution < -0.4 is 0 Å². The second-order valence-corrected chi connectivity index (χ2v) is 4.82. The predicted octanol–water partition coefficient (Wildman–Crippen LogP) is 2.55. The van der Waals surface area contributed by atoms with E-state index in [1.54, 1.807) is 6.07 Å². The Bertz CT molecular complexity index is 397. The number of hydrogen-bond acceptors (Lipinski definition) is 2.